The number of hydrogen-bond donors (Lipinski definition) is 1. The van der Waals surface area contributed by atoms with E-state index in [-0.39, 0.29) is 12.6 Å². The molecule has 0 aromatic heterocycles. The van der Waals surface area contributed by atoms with Crippen LogP contribution in [0.15, 0.2) is 0 Å². The fourth-order valence-corrected chi connectivity index (χ4v) is 1.16. The molecule has 0 amide bonds. The van der Waals surface area contributed by atoms with Crippen LogP contribution in [0.25, 0.3) is 0 Å². The van der Waals surface area contributed by atoms with Crippen LogP contribution in [-0.2, 0) is 4.74 Å². The van der Waals surface area contributed by atoms with Crippen molar-refractivity contribution in [3.63, 3.8) is 0 Å². The average Bonchev–Trinajstić information content (AvgIpc) is 2.16. The topological polar surface area (TPSA) is 21.3 Å². The van der Waals surface area contributed by atoms with Gasteiger partial charge < -0.3 is 10.1 Å². The summed E-state index contributed by atoms with van der Waals surface area (Å²) >= 11 is 0. The van der Waals surface area contributed by atoms with E-state index in [9.17, 15) is 13.2 Å². The van der Waals surface area contributed by atoms with Crippen LogP contribution in [0.2, 0.25) is 0 Å². The Morgan fingerprint density at radius 2 is 1.80 bits per heavy atom. The summed E-state index contributed by atoms with van der Waals surface area (Å²) < 4.78 is 41.2. The molecule has 5 heteroatoms. The Kier molecular flexibility index (Phi) is 6.20. The summed E-state index contributed by atoms with van der Waals surface area (Å²) in [4.78, 5) is 0. The maximum absolute atomic E-state index is 12.1. The summed E-state index contributed by atoms with van der Waals surface area (Å²) in [6.07, 6.45) is -5.05. The molecule has 1 N–H and O–H groups in total. The van der Waals surface area contributed by atoms with Crippen molar-refractivity contribution in [2.75, 3.05) is 13.7 Å². The summed E-state index contributed by atoms with van der Waals surface area (Å²) in [7, 11) is 1.73. The number of likely N-dealkylation sites (N-methyl/N-ethyl adjacent to an activating group) is 1. The Bertz CT molecular complexity index is 173. The minimum atomic E-state index is -4.27. The molecule has 0 rings (SSSR count). The summed E-state index contributed by atoms with van der Waals surface area (Å²) in [5, 5.41) is 2.97. The third-order valence-corrected chi connectivity index (χ3v) is 2.69. The van der Waals surface area contributed by atoms with Crippen LogP contribution in [0.4, 0.5) is 13.2 Å². The first-order valence-electron chi connectivity index (χ1n) is 5.18. The summed E-state index contributed by atoms with van der Waals surface area (Å²) in [6, 6.07) is -0.0280. The lowest BCUT2D eigenvalue weighted by atomic mass is 10.0. The molecule has 0 aromatic carbocycles. The SMILES string of the molecule is CCC(C)C(COC(C)C(F)(F)F)NC. The van der Waals surface area contributed by atoms with Gasteiger partial charge in [-0.05, 0) is 19.9 Å². The fourth-order valence-electron chi connectivity index (χ4n) is 1.16. The van der Waals surface area contributed by atoms with E-state index < -0.39 is 12.3 Å². The number of ether oxygens (including phenoxy) is 1. The molecule has 3 unspecified atom stereocenters. The molecule has 0 bridgehead atoms. The first kappa shape index (κ1) is 14.7. The summed E-state index contributed by atoms with van der Waals surface area (Å²) in [5.41, 5.74) is 0. The molecule has 0 saturated carbocycles. The summed E-state index contributed by atoms with van der Waals surface area (Å²) in [6.45, 7) is 5.11. The molecule has 0 aliphatic carbocycles. The average molecular weight is 227 g/mol. The van der Waals surface area contributed by atoms with E-state index in [1.807, 2.05) is 13.8 Å². The maximum atomic E-state index is 12.1. The van der Waals surface area contributed by atoms with Gasteiger partial charge in [-0.3, -0.25) is 0 Å². The van der Waals surface area contributed by atoms with Crippen LogP contribution >= 0.6 is 0 Å². The van der Waals surface area contributed by atoms with E-state index in [4.69, 9.17) is 4.74 Å². The van der Waals surface area contributed by atoms with Crippen molar-refractivity contribution in [2.45, 2.75) is 45.5 Å². The molecule has 0 fully saturated rings. The third kappa shape index (κ3) is 5.37. The van der Waals surface area contributed by atoms with E-state index in [2.05, 4.69) is 5.32 Å². The highest BCUT2D eigenvalue weighted by Gasteiger charge is 2.37. The van der Waals surface area contributed by atoms with Crippen molar-refractivity contribution in [3.8, 4) is 0 Å². The van der Waals surface area contributed by atoms with Crippen molar-refractivity contribution < 1.29 is 17.9 Å². The van der Waals surface area contributed by atoms with Gasteiger partial charge in [-0.25, -0.2) is 0 Å². The predicted molar refractivity (Wildman–Crippen MR) is 53.8 cm³/mol. The van der Waals surface area contributed by atoms with Gasteiger partial charge >= 0.3 is 6.18 Å². The minimum Gasteiger partial charge on any atom is -0.367 e. The molecule has 92 valence electrons. The number of rotatable bonds is 6. The molecule has 0 heterocycles. The largest absolute Gasteiger partial charge is 0.414 e. The van der Waals surface area contributed by atoms with E-state index in [1.54, 1.807) is 7.05 Å². The Hall–Kier alpha value is -0.290. The van der Waals surface area contributed by atoms with Crippen LogP contribution in [-0.4, -0.2) is 32.0 Å². The van der Waals surface area contributed by atoms with Crippen molar-refractivity contribution in [1.29, 1.82) is 0 Å². The van der Waals surface area contributed by atoms with Gasteiger partial charge in [-0.1, -0.05) is 20.3 Å². The van der Waals surface area contributed by atoms with Crippen LogP contribution in [0.5, 0.6) is 0 Å². The normalized spacial score (nSPS) is 18.6. The van der Waals surface area contributed by atoms with Gasteiger partial charge in [0.15, 0.2) is 6.10 Å². The highest BCUT2D eigenvalue weighted by atomic mass is 19.4. The molecular weight excluding hydrogens is 207 g/mol. The zero-order valence-electron chi connectivity index (χ0n) is 9.69. The van der Waals surface area contributed by atoms with Crippen LogP contribution < -0.4 is 5.32 Å². The standard InChI is InChI=1S/C10H20F3NO/c1-5-7(2)9(14-4)6-15-8(3)10(11,12)13/h7-9,14H,5-6H2,1-4H3. The zero-order valence-corrected chi connectivity index (χ0v) is 9.69. The molecule has 0 spiro atoms. The van der Waals surface area contributed by atoms with Crippen molar-refractivity contribution >= 4 is 0 Å². The monoisotopic (exact) mass is 227 g/mol. The number of nitrogens with one attached hydrogen (secondary N) is 1. The zero-order chi connectivity index (χ0) is 12.1. The van der Waals surface area contributed by atoms with Gasteiger partial charge in [0.05, 0.1) is 6.61 Å². The molecule has 0 aliphatic rings. The van der Waals surface area contributed by atoms with Gasteiger partial charge in [0.25, 0.3) is 0 Å². The lowest BCUT2D eigenvalue weighted by Crippen LogP contribution is -2.39. The highest BCUT2D eigenvalue weighted by molar-refractivity contribution is 4.71. The predicted octanol–water partition coefficient (Wildman–Crippen LogP) is 2.59. The van der Waals surface area contributed by atoms with Gasteiger partial charge in [0.2, 0.25) is 0 Å². The highest BCUT2D eigenvalue weighted by Crippen LogP contribution is 2.22. The van der Waals surface area contributed by atoms with Gasteiger partial charge in [0.1, 0.15) is 0 Å². The Morgan fingerprint density at radius 3 is 2.13 bits per heavy atom. The first-order chi connectivity index (χ1) is 6.82. The molecule has 2 nitrogen and oxygen atoms in total. The third-order valence-electron chi connectivity index (χ3n) is 2.69. The van der Waals surface area contributed by atoms with Crippen LogP contribution in [0.3, 0.4) is 0 Å². The number of alkyl halides is 3. The minimum absolute atomic E-state index is 0.0280. The van der Waals surface area contributed by atoms with E-state index >= 15 is 0 Å². The van der Waals surface area contributed by atoms with E-state index in [0.29, 0.717) is 5.92 Å². The Labute approximate surface area is 89.2 Å². The van der Waals surface area contributed by atoms with Gasteiger partial charge in [0, 0.05) is 6.04 Å². The second kappa shape index (κ2) is 6.33. The van der Waals surface area contributed by atoms with Gasteiger partial charge in [-0.2, -0.15) is 13.2 Å². The van der Waals surface area contributed by atoms with Crippen molar-refractivity contribution in [3.05, 3.63) is 0 Å². The number of hydrogen-bond acceptors (Lipinski definition) is 2. The van der Waals surface area contributed by atoms with Crippen molar-refractivity contribution in [1.82, 2.24) is 5.32 Å². The van der Waals surface area contributed by atoms with E-state index in [0.717, 1.165) is 13.3 Å². The maximum Gasteiger partial charge on any atom is 0.414 e. The van der Waals surface area contributed by atoms with Crippen LogP contribution in [0, 0.1) is 5.92 Å². The first-order valence-corrected chi connectivity index (χ1v) is 5.18. The molecule has 0 aromatic rings. The molecule has 0 saturated heterocycles. The second-order valence-corrected chi connectivity index (χ2v) is 3.80. The Morgan fingerprint density at radius 1 is 1.27 bits per heavy atom. The lowest BCUT2D eigenvalue weighted by molar-refractivity contribution is -0.216. The number of halogens is 3. The smallest absolute Gasteiger partial charge is 0.367 e. The molecule has 3 atom stereocenters. The van der Waals surface area contributed by atoms with Gasteiger partial charge in [-0.15, -0.1) is 0 Å². The summed E-state index contributed by atoms with van der Waals surface area (Å²) in [5.74, 6) is 0.301. The quantitative estimate of drug-likeness (QED) is 0.753. The molecular formula is C10H20F3NO. The molecule has 15 heavy (non-hydrogen) atoms. The Balaban J connectivity index is 4.01. The lowest BCUT2D eigenvalue weighted by Gasteiger charge is -2.25. The molecule has 0 aliphatic heterocycles. The molecule has 0 radical (unpaired) electrons. The fraction of sp³-hybridized carbons (Fsp3) is 1.00. The van der Waals surface area contributed by atoms with Crippen molar-refractivity contribution in [2.24, 2.45) is 5.92 Å². The van der Waals surface area contributed by atoms with Crippen LogP contribution in [0.1, 0.15) is 27.2 Å². The van der Waals surface area contributed by atoms with E-state index in [1.165, 1.54) is 0 Å². The second-order valence-electron chi connectivity index (χ2n) is 3.80.